The third-order valence-electron chi connectivity index (χ3n) is 12.2. The Labute approximate surface area is 353 Å². The first kappa shape index (κ1) is 34.9. The van der Waals surface area contributed by atoms with Crippen molar-refractivity contribution in [3.05, 3.63) is 231 Å². The van der Waals surface area contributed by atoms with E-state index in [-0.39, 0.29) is 0 Å². The Balaban J connectivity index is 1.12. The number of benzene rings is 10. The molecule has 0 saturated carbocycles. The Morgan fingerprint density at radius 2 is 0.934 bits per heavy atom. The molecule has 0 amide bonds. The number of furan rings is 1. The van der Waals surface area contributed by atoms with Crippen LogP contribution in [0.5, 0.6) is 0 Å². The largest absolute Gasteiger partial charge is 0.455 e. The van der Waals surface area contributed by atoms with Gasteiger partial charge in [-0.3, -0.25) is 0 Å². The number of para-hydroxylation sites is 6. The van der Waals surface area contributed by atoms with E-state index >= 15 is 0 Å². The van der Waals surface area contributed by atoms with E-state index in [9.17, 15) is 0 Å². The molecule has 12 aromatic rings. The third-order valence-corrected chi connectivity index (χ3v) is 12.2. The van der Waals surface area contributed by atoms with Gasteiger partial charge >= 0.3 is 0 Å². The zero-order valence-electron chi connectivity index (χ0n) is 33.2. The molecule has 0 radical (unpaired) electrons. The first-order valence-corrected chi connectivity index (χ1v) is 20.8. The highest BCUT2D eigenvalue weighted by atomic mass is 16.3. The quantitative estimate of drug-likeness (QED) is 0.161. The fourth-order valence-corrected chi connectivity index (χ4v) is 9.32. The van der Waals surface area contributed by atoms with Crippen molar-refractivity contribution in [3.8, 4) is 39.1 Å². The molecular formula is C58H38N2O. The molecule has 0 bridgehead atoms. The lowest BCUT2D eigenvalue weighted by atomic mass is 9.95. The van der Waals surface area contributed by atoms with E-state index in [4.69, 9.17) is 4.42 Å². The lowest BCUT2D eigenvalue weighted by molar-refractivity contribution is 0.670. The van der Waals surface area contributed by atoms with Crippen molar-refractivity contribution in [1.82, 2.24) is 4.57 Å². The van der Waals surface area contributed by atoms with Crippen LogP contribution in [0.25, 0.3) is 93.6 Å². The Morgan fingerprint density at radius 1 is 0.344 bits per heavy atom. The maximum absolute atomic E-state index is 6.52. The Hall–Kier alpha value is -8.14. The van der Waals surface area contributed by atoms with Crippen molar-refractivity contribution in [2.24, 2.45) is 0 Å². The summed E-state index contributed by atoms with van der Waals surface area (Å²) < 4.78 is 8.94. The van der Waals surface area contributed by atoms with Gasteiger partial charge in [0.15, 0.2) is 0 Å². The molecule has 0 unspecified atom stereocenters. The molecule has 12 rings (SSSR count). The Morgan fingerprint density at radius 3 is 1.74 bits per heavy atom. The molecule has 286 valence electrons. The summed E-state index contributed by atoms with van der Waals surface area (Å²) in [6.07, 6.45) is 0. The number of anilines is 3. The van der Waals surface area contributed by atoms with Crippen molar-refractivity contribution in [1.29, 1.82) is 0 Å². The first-order chi connectivity index (χ1) is 30.3. The highest BCUT2D eigenvalue weighted by molar-refractivity contribution is 6.11. The molecule has 3 heteroatoms. The highest BCUT2D eigenvalue weighted by Gasteiger charge is 2.24. The average molecular weight is 779 g/mol. The fraction of sp³-hybridized carbons (Fsp3) is 0. The van der Waals surface area contributed by atoms with Crippen molar-refractivity contribution >= 4 is 71.6 Å². The molecule has 0 N–H and O–H groups in total. The van der Waals surface area contributed by atoms with E-state index < -0.39 is 0 Å². The van der Waals surface area contributed by atoms with Gasteiger partial charge in [-0.15, -0.1) is 0 Å². The normalized spacial score (nSPS) is 11.6. The minimum atomic E-state index is 0.897. The maximum Gasteiger partial charge on any atom is 0.143 e. The third kappa shape index (κ3) is 5.82. The molecule has 0 aliphatic rings. The summed E-state index contributed by atoms with van der Waals surface area (Å²) in [5.74, 6) is 0. The van der Waals surface area contributed by atoms with Gasteiger partial charge in [-0.25, -0.2) is 0 Å². The van der Waals surface area contributed by atoms with Crippen LogP contribution >= 0.6 is 0 Å². The van der Waals surface area contributed by atoms with Crippen molar-refractivity contribution in [3.63, 3.8) is 0 Å². The standard InChI is InChI=1S/C58H38N2O/c1-2-16-40(17-3-1)46-36-33-44(43-30-29-39-15-4-5-18-42(39)37-43)38-56(46)59(45-34-31-41(32-35-45)47-22-14-23-51-50-21-8-13-28-57(50)61-58(47)51)54-26-11-12-27-55(54)60-52-24-9-6-19-48(52)49-20-7-10-25-53(49)60/h1-38H. The van der Waals surface area contributed by atoms with E-state index in [1.807, 2.05) is 12.1 Å². The number of aromatic nitrogens is 1. The number of rotatable bonds is 7. The molecule has 0 aliphatic heterocycles. The minimum absolute atomic E-state index is 0.897. The van der Waals surface area contributed by atoms with Gasteiger partial charge in [-0.1, -0.05) is 176 Å². The number of hydrogen-bond acceptors (Lipinski definition) is 2. The van der Waals surface area contributed by atoms with Gasteiger partial charge < -0.3 is 13.9 Å². The Bertz CT molecular complexity index is 3540. The number of nitrogens with zero attached hydrogens (tertiary/aromatic N) is 2. The molecular weight excluding hydrogens is 741 g/mol. The SMILES string of the molecule is c1ccc(-c2ccc(-c3ccc4ccccc4c3)cc2N(c2ccc(-c3cccc4c3oc3ccccc34)cc2)c2ccccc2-n2c3ccccc3c3ccccc32)cc1. The second kappa shape index (κ2) is 14.3. The average Bonchev–Trinajstić information content (AvgIpc) is 3.88. The van der Waals surface area contributed by atoms with Crippen LogP contribution in [0, 0.1) is 0 Å². The molecule has 0 spiro atoms. The molecule has 3 nitrogen and oxygen atoms in total. The van der Waals surface area contributed by atoms with Crippen LogP contribution in [0.3, 0.4) is 0 Å². The van der Waals surface area contributed by atoms with E-state index in [1.165, 1.54) is 38.1 Å². The van der Waals surface area contributed by atoms with Gasteiger partial charge in [0.25, 0.3) is 0 Å². The zero-order chi connectivity index (χ0) is 40.3. The van der Waals surface area contributed by atoms with Gasteiger partial charge in [0.1, 0.15) is 11.2 Å². The second-order valence-electron chi connectivity index (χ2n) is 15.7. The lowest BCUT2D eigenvalue weighted by Crippen LogP contribution is -2.14. The number of fused-ring (bicyclic) bond motifs is 7. The maximum atomic E-state index is 6.52. The Kier molecular flexibility index (Phi) is 8.17. The summed E-state index contributed by atoms with van der Waals surface area (Å²) in [6, 6.07) is 83.1. The lowest BCUT2D eigenvalue weighted by Gasteiger charge is -2.31. The number of hydrogen-bond donors (Lipinski definition) is 0. The van der Waals surface area contributed by atoms with Crippen LogP contribution in [-0.2, 0) is 0 Å². The van der Waals surface area contributed by atoms with Crippen molar-refractivity contribution in [2.75, 3.05) is 4.90 Å². The summed E-state index contributed by atoms with van der Waals surface area (Å²) in [5, 5.41) is 7.16. The predicted octanol–water partition coefficient (Wildman–Crippen LogP) is 16.3. The van der Waals surface area contributed by atoms with Gasteiger partial charge in [-0.2, -0.15) is 0 Å². The topological polar surface area (TPSA) is 21.3 Å². The van der Waals surface area contributed by atoms with Crippen molar-refractivity contribution in [2.45, 2.75) is 0 Å². The smallest absolute Gasteiger partial charge is 0.143 e. The molecule has 0 saturated heterocycles. The zero-order valence-corrected chi connectivity index (χ0v) is 33.2. The van der Waals surface area contributed by atoms with Crippen LogP contribution in [0.1, 0.15) is 0 Å². The summed E-state index contributed by atoms with van der Waals surface area (Å²) >= 11 is 0. The van der Waals surface area contributed by atoms with Crippen LogP contribution in [0.2, 0.25) is 0 Å². The highest BCUT2D eigenvalue weighted by Crippen LogP contribution is 2.47. The van der Waals surface area contributed by atoms with E-state index in [0.29, 0.717) is 0 Å². The molecule has 0 aliphatic carbocycles. The van der Waals surface area contributed by atoms with Crippen LogP contribution < -0.4 is 4.90 Å². The minimum Gasteiger partial charge on any atom is -0.455 e. The van der Waals surface area contributed by atoms with Gasteiger partial charge in [0, 0.05) is 38.4 Å². The van der Waals surface area contributed by atoms with Gasteiger partial charge in [0.05, 0.1) is 28.1 Å². The van der Waals surface area contributed by atoms with Crippen LogP contribution in [0.4, 0.5) is 17.1 Å². The van der Waals surface area contributed by atoms with Gasteiger partial charge in [-0.05, 0) is 87.6 Å². The monoisotopic (exact) mass is 778 g/mol. The van der Waals surface area contributed by atoms with E-state index in [2.05, 4.69) is 228 Å². The van der Waals surface area contributed by atoms with E-state index in [0.717, 1.165) is 72.5 Å². The van der Waals surface area contributed by atoms with E-state index in [1.54, 1.807) is 0 Å². The molecule has 2 aromatic heterocycles. The predicted molar refractivity (Wildman–Crippen MR) is 257 cm³/mol. The summed E-state index contributed by atoms with van der Waals surface area (Å²) in [7, 11) is 0. The summed E-state index contributed by atoms with van der Waals surface area (Å²) in [5.41, 5.74) is 15.2. The first-order valence-electron chi connectivity index (χ1n) is 20.8. The summed E-state index contributed by atoms with van der Waals surface area (Å²) in [4.78, 5) is 2.46. The second-order valence-corrected chi connectivity index (χ2v) is 15.7. The van der Waals surface area contributed by atoms with Crippen LogP contribution in [0.15, 0.2) is 235 Å². The van der Waals surface area contributed by atoms with Gasteiger partial charge in [0.2, 0.25) is 0 Å². The fourth-order valence-electron chi connectivity index (χ4n) is 9.32. The molecule has 10 aromatic carbocycles. The molecule has 0 atom stereocenters. The molecule has 2 heterocycles. The van der Waals surface area contributed by atoms with Crippen molar-refractivity contribution < 1.29 is 4.42 Å². The van der Waals surface area contributed by atoms with Crippen LogP contribution in [-0.4, -0.2) is 4.57 Å². The molecule has 0 fully saturated rings. The summed E-state index contributed by atoms with van der Waals surface area (Å²) in [6.45, 7) is 0. The molecule has 61 heavy (non-hydrogen) atoms.